The summed E-state index contributed by atoms with van der Waals surface area (Å²) in [6.45, 7) is 0.566. The molecule has 0 bridgehead atoms. The van der Waals surface area contributed by atoms with Gasteiger partial charge in [0.1, 0.15) is 5.69 Å². The minimum absolute atomic E-state index is 0.0510. The van der Waals surface area contributed by atoms with Crippen molar-refractivity contribution in [1.29, 1.82) is 0 Å². The fourth-order valence-electron chi connectivity index (χ4n) is 3.77. The zero-order chi connectivity index (χ0) is 23.0. The fraction of sp³-hybridized carbons (Fsp3) is 0.185. The standard InChI is InChI=1S/C27H28N4O2/c28-22-11-6-7-12-24(22)31-26(32)13-5-2-8-16-29-27(33)25-18-21-17-20(14-15-23(21)30-25)19-9-3-1-4-10-19/h1,3-4,6-7,9-12,14-15,17-18,30H,2,5,8,13,16,28H2,(H,29,33)(H,31,32). The van der Waals surface area contributed by atoms with E-state index < -0.39 is 0 Å². The highest BCUT2D eigenvalue weighted by molar-refractivity contribution is 5.99. The average Bonchev–Trinajstić information content (AvgIpc) is 3.27. The van der Waals surface area contributed by atoms with Crippen LogP contribution in [0.1, 0.15) is 36.2 Å². The van der Waals surface area contributed by atoms with Crippen molar-refractivity contribution in [2.45, 2.75) is 25.7 Å². The number of hydrogen-bond donors (Lipinski definition) is 4. The second-order valence-corrected chi connectivity index (χ2v) is 8.05. The van der Waals surface area contributed by atoms with E-state index in [1.54, 1.807) is 12.1 Å². The van der Waals surface area contributed by atoms with Crippen molar-refractivity contribution < 1.29 is 9.59 Å². The number of nitrogens with two attached hydrogens (primary N) is 1. The highest BCUT2D eigenvalue weighted by Crippen LogP contribution is 2.25. The molecule has 1 heterocycles. The van der Waals surface area contributed by atoms with Gasteiger partial charge in [-0.15, -0.1) is 0 Å². The Hall–Kier alpha value is -4.06. The van der Waals surface area contributed by atoms with E-state index in [9.17, 15) is 9.59 Å². The number of benzene rings is 3. The molecule has 3 aromatic carbocycles. The predicted octanol–water partition coefficient (Wildman–Crippen LogP) is 5.35. The summed E-state index contributed by atoms with van der Waals surface area (Å²) in [5.41, 5.74) is 10.8. The van der Waals surface area contributed by atoms with Crippen molar-refractivity contribution in [1.82, 2.24) is 10.3 Å². The van der Waals surface area contributed by atoms with Crippen LogP contribution in [0, 0.1) is 0 Å². The molecule has 33 heavy (non-hydrogen) atoms. The summed E-state index contributed by atoms with van der Waals surface area (Å²) in [5.74, 6) is -0.172. The zero-order valence-electron chi connectivity index (χ0n) is 18.4. The molecule has 0 aliphatic rings. The lowest BCUT2D eigenvalue weighted by molar-refractivity contribution is -0.116. The van der Waals surface area contributed by atoms with Gasteiger partial charge in [-0.1, -0.05) is 55.0 Å². The van der Waals surface area contributed by atoms with E-state index in [1.165, 1.54) is 0 Å². The minimum Gasteiger partial charge on any atom is -0.397 e. The second kappa shape index (κ2) is 10.5. The molecule has 0 unspecified atom stereocenters. The van der Waals surface area contributed by atoms with Crippen molar-refractivity contribution in [2.24, 2.45) is 0 Å². The quantitative estimate of drug-likeness (QED) is 0.209. The van der Waals surface area contributed by atoms with E-state index in [-0.39, 0.29) is 11.8 Å². The van der Waals surface area contributed by atoms with E-state index >= 15 is 0 Å². The first kappa shape index (κ1) is 22.1. The summed E-state index contributed by atoms with van der Waals surface area (Å²) >= 11 is 0. The molecule has 0 aliphatic carbocycles. The van der Waals surface area contributed by atoms with Crippen LogP contribution in [0.2, 0.25) is 0 Å². The zero-order valence-corrected chi connectivity index (χ0v) is 18.4. The largest absolute Gasteiger partial charge is 0.397 e. The van der Waals surface area contributed by atoms with Crippen molar-refractivity contribution in [2.75, 3.05) is 17.6 Å². The Bertz CT molecular complexity index is 1250. The molecule has 4 aromatic rings. The highest BCUT2D eigenvalue weighted by atomic mass is 16.2. The molecule has 0 fully saturated rings. The molecule has 1 aromatic heterocycles. The Balaban J connectivity index is 1.20. The van der Waals surface area contributed by atoms with E-state index in [2.05, 4.69) is 39.9 Å². The molecule has 6 nitrogen and oxygen atoms in total. The monoisotopic (exact) mass is 440 g/mol. The van der Waals surface area contributed by atoms with Gasteiger partial charge in [0.15, 0.2) is 0 Å². The number of aromatic nitrogens is 1. The Morgan fingerprint density at radius 1 is 0.818 bits per heavy atom. The number of anilines is 2. The lowest BCUT2D eigenvalue weighted by Gasteiger charge is -2.08. The Kier molecular flexibility index (Phi) is 7.05. The summed E-state index contributed by atoms with van der Waals surface area (Å²) in [5, 5.41) is 6.79. The molecule has 0 atom stereocenters. The number of nitrogens with one attached hydrogen (secondary N) is 3. The van der Waals surface area contributed by atoms with Crippen LogP contribution in [-0.4, -0.2) is 23.3 Å². The van der Waals surface area contributed by atoms with Gasteiger partial charge in [0.2, 0.25) is 5.91 Å². The smallest absolute Gasteiger partial charge is 0.267 e. The first-order valence-electron chi connectivity index (χ1n) is 11.2. The van der Waals surface area contributed by atoms with E-state index in [1.807, 2.05) is 42.5 Å². The molecule has 4 rings (SSSR count). The SMILES string of the molecule is Nc1ccccc1NC(=O)CCCCCNC(=O)c1cc2cc(-c3ccccc3)ccc2[nH]1. The molecule has 0 aliphatic heterocycles. The number of carbonyl (C=O) groups excluding carboxylic acids is 2. The summed E-state index contributed by atoms with van der Waals surface area (Å²) in [6, 6.07) is 25.4. The number of nitrogen functional groups attached to an aromatic ring is 1. The molecular formula is C27H28N4O2. The first-order chi connectivity index (χ1) is 16.1. The number of fused-ring (bicyclic) bond motifs is 1. The molecular weight excluding hydrogens is 412 g/mol. The molecule has 0 spiro atoms. The number of rotatable bonds is 9. The number of amides is 2. The highest BCUT2D eigenvalue weighted by Gasteiger charge is 2.10. The van der Waals surface area contributed by atoms with Gasteiger partial charge in [0.25, 0.3) is 5.91 Å². The van der Waals surface area contributed by atoms with Crippen LogP contribution >= 0.6 is 0 Å². The lowest BCUT2D eigenvalue weighted by Crippen LogP contribution is -2.24. The number of aromatic amines is 1. The van der Waals surface area contributed by atoms with Crippen LogP contribution in [0.5, 0.6) is 0 Å². The Labute approximate surface area is 193 Å². The topological polar surface area (TPSA) is 100 Å². The van der Waals surface area contributed by atoms with Crippen LogP contribution < -0.4 is 16.4 Å². The molecule has 0 saturated heterocycles. The van der Waals surface area contributed by atoms with Crippen LogP contribution in [0.25, 0.3) is 22.0 Å². The fourth-order valence-corrected chi connectivity index (χ4v) is 3.77. The predicted molar refractivity (Wildman–Crippen MR) is 134 cm³/mol. The molecule has 5 N–H and O–H groups in total. The molecule has 0 saturated carbocycles. The third kappa shape index (κ3) is 5.80. The summed E-state index contributed by atoms with van der Waals surface area (Å²) < 4.78 is 0. The second-order valence-electron chi connectivity index (χ2n) is 8.05. The summed E-state index contributed by atoms with van der Waals surface area (Å²) in [6.07, 6.45) is 2.84. The molecule has 168 valence electrons. The van der Waals surface area contributed by atoms with Gasteiger partial charge in [-0.25, -0.2) is 0 Å². The van der Waals surface area contributed by atoms with Crippen LogP contribution in [0.3, 0.4) is 0 Å². The summed E-state index contributed by atoms with van der Waals surface area (Å²) in [7, 11) is 0. The van der Waals surface area contributed by atoms with Gasteiger partial charge in [-0.05, 0) is 54.3 Å². The van der Waals surface area contributed by atoms with Gasteiger partial charge < -0.3 is 21.4 Å². The number of unbranched alkanes of at least 4 members (excludes halogenated alkanes) is 2. The van der Waals surface area contributed by atoms with Crippen molar-refractivity contribution in [3.63, 3.8) is 0 Å². The van der Waals surface area contributed by atoms with Gasteiger partial charge in [-0.3, -0.25) is 9.59 Å². The maximum Gasteiger partial charge on any atom is 0.267 e. The van der Waals surface area contributed by atoms with Crippen molar-refractivity contribution in [3.05, 3.63) is 84.6 Å². The van der Waals surface area contributed by atoms with Gasteiger partial charge in [0.05, 0.1) is 11.4 Å². The third-order valence-corrected chi connectivity index (χ3v) is 5.57. The van der Waals surface area contributed by atoms with Crippen LogP contribution in [0.15, 0.2) is 78.9 Å². The van der Waals surface area contributed by atoms with Crippen LogP contribution in [0.4, 0.5) is 11.4 Å². The van der Waals surface area contributed by atoms with Gasteiger partial charge in [-0.2, -0.15) is 0 Å². The van der Waals surface area contributed by atoms with Crippen LogP contribution in [-0.2, 0) is 4.79 Å². The lowest BCUT2D eigenvalue weighted by atomic mass is 10.0. The van der Waals surface area contributed by atoms with Crippen molar-refractivity contribution in [3.8, 4) is 11.1 Å². The molecule has 6 heteroatoms. The van der Waals surface area contributed by atoms with Gasteiger partial charge >= 0.3 is 0 Å². The van der Waals surface area contributed by atoms with Gasteiger partial charge in [0, 0.05) is 23.9 Å². The van der Waals surface area contributed by atoms with E-state index in [4.69, 9.17) is 5.73 Å². The normalized spacial score (nSPS) is 10.8. The summed E-state index contributed by atoms with van der Waals surface area (Å²) in [4.78, 5) is 27.8. The first-order valence-corrected chi connectivity index (χ1v) is 11.2. The molecule has 0 radical (unpaired) electrons. The van der Waals surface area contributed by atoms with Crippen molar-refractivity contribution >= 4 is 34.1 Å². The third-order valence-electron chi connectivity index (χ3n) is 5.57. The Morgan fingerprint density at radius 3 is 2.42 bits per heavy atom. The Morgan fingerprint density at radius 2 is 1.61 bits per heavy atom. The number of H-pyrrole nitrogens is 1. The van der Waals surface area contributed by atoms with E-state index in [0.717, 1.165) is 41.3 Å². The number of para-hydroxylation sites is 2. The number of hydrogen-bond acceptors (Lipinski definition) is 3. The molecule has 2 amide bonds. The van der Waals surface area contributed by atoms with E-state index in [0.29, 0.717) is 30.0 Å². The minimum atomic E-state index is -0.121. The maximum atomic E-state index is 12.5. The average molecular weight is 441 g/mol. The number of carbonyl (C=O) groups is 2. The maximum absolute atomic E-state index is 12.5.